The van der Waals surface area contributed by atoms with Gasteiger partial charge >= 0.3 is 0 Å². The first-order valence-electron chi connectivity index (χ1n) is 17.3. The van der Waals surface area contributed by atoms with Gasteiger partial charge in [0, 0.05) is 80.0 Å². The number of aromatic nitrogens is 5. The summed E-state index contributed by atoms with van der Waals surface area (Å²) in [7, 11) is 0. The van der Waals surface area contributed by atoms with Crippen LogP contribution in [0.25, 0.3) is 11.1 Å². The summed E-state index contributed by atoms with van der Waals surface area (Å²) in [4.78, 5) is 20.6. The van der Waals surface area contributed by atoms with Crippen molar-refractivity contribution in [3.63, 3.8) is 0 Å². The van der Waals surface area contributed by atoms with Gasteiger partial charge in [0.25, 0.3) is 5.88 Å². The van der Waals surface area contributed by atoms with E-state index >= 15 is 0 Å². The standard InChI is InChI=1S/C35H44F2N8O2/c1-21(2)32(23-11-25(12-23)43-9-7-29(46)28(37)15-43)45-17-35(18-45)8-10-44(16-35)33-34(42-41-20-40-33)47-30-6-5-24(36)13-26(30)27-14-38-19-39-31(27)22-3-4-22/h5-6,13-14,19-23,25,28-29,32,46H,3-4,7-12,15-18H2,1-2H3/t23?,25?,28?,29?,32-/m0/s1. The number of likely N-dealkylation sites (tertiary alicyclic amines) is 2. The van der Waals surface area contributed by atoms with Gasteiger partial charge in [0.1, 0.15) is 30.4 Å². The lowest BCUT2D eigenvalue weighted by atomic mass is 9.68. The fourth-order valence-corrected chi connectivity index (χ4v) is 8.79. The number of nitrogens with zero attached hydrogens (tertiary/aromatic N) is 8. The lowest BCUT2D eigenvalue weighted by Gasteiger charge is -2.58. The molecule has 2 aliphatic carbocycles. The summed E-state index contributed by atoms with van der Waals surface area (Å²) in [5.41, 5.74) is 2.47. The number of aliphatic hydroxyl groups is 1. The van der Waals surface area contributed by atoms with Crippen molar-refractivity contribution in [3.05, 3.63) is 48.6 Å². The quantitative estimate of drug-likeness (QED) is 0.347. The van der Waals surface area contributed by atoms with Gasteiger partial charge in [-0.3, -0.25) is 9.80 Å². The minimum atomic E-state index is -1.13. The molecule has 3 saturated heterocycles. The fraction of sp³-hybridized carbons (Fsp3) is 0.629. The number of rotatable bonds is 9. The molecule has 1 aromatic carbocycles. The summed E-state index contributed by atoms with van der Waals surface area (Å²) in [5, 5.41) is 18.2. The van der Waals surface area contributed by atoms with Gasteiger partial charge in [-0.2, -0.15) is 0 Å². The van der Waals surface area contributed by atoms with E-state index in [0.717, 1.165) is 76.1 Å². The van der Waals surface area contributed by atoms with Crippen LogP contribution in [0.4, 0.5) is 14.6 Å². The van der Waals surface area contributed by atoms with Crippen LogP contribution in [0.2, 0.25) is 0 Å². The zero-order valence-electron chi connectivity index (χ0n) is 27.2. The van der Waals surface area contributed by atoms with Gasteiger partial charge < -0.3 is 14.7 Å². The SMILES string of the molecule is CC(C)[C@@H](C1CC(N2CCC(O)C(F)C2)C1)N1CC2(CCN(c3ncnnc3Oc3ccc(F)cc3-c3cncnc3C3CC3)C2)C1. The van der Waals surface area contributed by atoms with E-state index in [1.54, 1.807) is 18.6 Å². The number of ether oxygens (including phenoxy) is 1. The summed E-state index contributed by atoms with van der Waals surface area (Å²) in [6, 6.07) is 5.44. The third kappa shape index (κ3) is 5.97. The first kappa shape index (κ1) is 31.0. The van der Waals surface area contributed by atoms with Crippen LogP contribution in [0.1, 0.15) is 64.0 Å². The number of anilines is 1. The van der Waals surface area contributed by atoms with Gasteiger partial charge in [0.2, 0.25) is 0 Å². The van der Waals surface area contributed by atoms with Crippen molar-refractivity contribution in [2.45, 2.75) is 82.6 Å². The molecular formula is C35H44F2N8O2. The molecule has 10 nitrogen and oxygen atoms in total. The minimum absolute atomic E-state index is 0.185. The van der Waals surface area contributed by atoms with E-state index in [4.69, 9.17) is 4.74 Å². The average molecular weight is 647 g/mol. The first-order chi connectivity index (χ1) is 22.8. The molecule has 3 atom stereocenters. The second-order valence-corrected chi connectivity index (χ2v) is 15.0. The zero-order valence-corrected chi connectivity index (χ0v) is 27.2. The Kier molecular flexibility index (Phi) is 8.08. The van der Waals surface area contributed by atoms with Crippen molar-refractivity contribution in [2.75, 3.05) is 44.2 Å². The molecular weight excluding hydrogens is 602 g/mol. The van der Waals surface area contributed by atoms with E-state index in [0.29, 0.717) is 65.8 Å². The zero-order chi connectivity index (χ0) is 32.3. The molecule has 3 aromatic rings. The molecule has 2 aromatic heterocycles. The van der Waals surface area contributed by atoms with E-state index in [2.05, 4.69) is 53.7 Å². The highest BCUT2D eigenvalue weighted by Gasteiger charge is 2.53. The molecule has 5 heterocycles. The number of hydrogen-bond donors (Lipinski definition) is 1. The average Bonchev–Trinajstić information content (AvgIpc) is 3.78. The number of benzene rings is 1. The second kappa shape index (κ2) is 12.3. The Bertz CT molecular complexity index is 1600. The van der Waals surface area contributed by atoms with Gasteiger partial charge in [-0.1, -0.05) is 13.8 Å². The lowest BCUT2D eigenvalue weighted by Crippen LogP contribution is -2.65. The summed E-state index contributed by atoms with van der Waals surface area (Å²) < 4.78 is 35.1. The molecule has 5 fully saturated rings. The molecule has 1 spiro atoms. The maximum Gasteiger partial charge on any atom is 0.282 e. The van der Waals surface area contributed by atoms with E-state index in [1.165, 1.54) is 18.5 Å². The van der Waals surface area contributed by atoms with Crippen molar-refractivity contribution in [3.8, 4) is 22.8 Å². The van der Waals surface area contributed by atoms with Gasteiger partial charge in [0.15, 0.2) is 5.82 Å². The predicted molar refractivity (Wildman–Crippen MR) is 172 cm³/mol. The smallest absolute Gasteiger partial charge is 0.282 e. The second-order valence-electron chi connectivity index (χ2n) is 15.0. The number of halogens is 2. The number of aliphatic hydroxyl groups excluding tert-OH is 1. The van der Waals surface area contributed by atoms with E-state index < -0.39 is 12.3 Å². The van der Waals surface area contributed by atoms with Crippen molar-refractivity contribution in [2.24, 2.45) is 17.3 Å². The maximum atomic E-state index is 14.5. The molecule has 0 bridgehead atoms. The van der Waals surface area contributed by atoms with Crippen molar-refractivity contribution < 1.29 is 18.6 Å². The van der Waals surface area contributed by atoms with Crippen LogP contribution in [0.3, 0.4) is 0 Å². The summed E-state index contributed by atoms with van der Waals surface area (Å²) >= 11 is 0. The van der Waals surface area contributed by atoms with Crippen LogP contribution >= 0.6 is 0 Å². The van der Waals surface area contributed by atoms with Crippen LogP contribution in [-0.2, 0) is 0 Å². The number of piperidine rings is 1. The third-order valence-corrected chi connectivity index (χ3v) is 11.3. The van der Waals surface area contributed by atoms with Gasteiger partial charge in [0.05, 0.1) is 11.8 Å². The summed E-state index contributed by atoms with van der Waals surface area (Å²) in [6.07, 6.45) is 8.73. The highest BCUT2D eigenvalue weighted by molar-refractivity contribution is 5.73. The molecule has 12 heteroatoms. The lowest BCUT2D eigenvalue weighted by molar-refractivity contribution is -0.0905. The van der Waals surface area contributed by atoms with Crippen molar-refractivity contribution in [1.82, 2.24) is 34.9 Å². The Hall–Kier alpha value is -3.35. The van der Waals surface area contributed by atoms with E-state index in [9.17, 15) is 13.9 Å². The molecule has 47 heavy (non-hydrogen) atoms. The minimum Gasteiger partial charge on any atom is -0.434 e. The number of alkyl halides is 1. The van der Waals surface area contributed by atoms with Crippen LogP contribution in [0.15, 0.2) is 37.1 Å². The van der Waals surface area contributed by atoms with E-state index in [-0.39, 0.29) is 11.2 Å². The molecule has 0 radical (unpaired) electrons. The van der Waals surface area contributed by atoms with Crippen LogP contribution < -0.4 is 9.64 Å². The fourth-order valence-electron chi connectivity index (χ4n) is 8.79. The van der Waals surface area contributed by atoms with Gasteiger partial charge in [-0.15, -0.1) is 10.2 Å². The molecule has 3 aliphatic heterocycles. The van der Waals surface area contributed by atoms with Crippen molar-refractivity contribution in [1.29, 1.82) is 0 Å². The predicted octanol–water partition coefficient (Wildman–Crippen LogP) is 4.86. The van der Waals surface area contributed by atoms with Crippen LogP contribution in [0.5, 0.6) is 11.6 Å². The third-order valence-electron chi connectivity index (χ3n) is 11.3. The molecule has 2 saturated carbocycles. The van der Waals surface area contributed by atoms with Gasteiger partial charge in [-0.05, 0) is 68.6 Å². The Morgan fingerprint density at radius 1 is 1.02 bits per heavy atom. The Morgan fingerprint density at radius 2 is 1.85 bits per heavy atom. The normalized spacial score (nSPS) is 28.3. The molecule has 0 amide bonds. The largest absolute Gasteiger partial charge is 0.434 e. The van der Waals surface area contributed by atoms with Crippen molar-refractivity contribution >= 4 is 5.82 Å². The molecule has 250 valence electrons. The molecule has 2 unspecified atom stereocenters. The van der Waals surface area contributed by atoms with E-state index in [1.807, 2.05) is 0 Å². The van der Waals surface area contributed by atoms with Crippen LogP contribution in [-0.4, -0.2) is 104 Å². The molecule has 8 rings (SSSR count). The van der Waals surface area contributed by atoms with Gasteiger partial charge in [-0.25, -0.2) is 23.7 Å². The highest BCUT2D eigenvalue weighted by atomic mass is 19.1. The maximum absolute atomic E-state index is 14.5. The Balaban J connectivity index is 0.938. The summed E-state index contributed by atoms with van der Waals surface area (Å²) in [6.45, 7) is 9.61. The molecule has 5 aliphatic rings. The first-order valence-corrected chi connectivity index (χ1v) is 17.3. The number of hydrogen-bond acceptors (Lipinski definition) is 10. The highest BCUT2D eigenvalue weighted by Crippen LogP contribution is 2.49. The Labute approximate surface area is 274 Å². The van der Waals surface area contributed by atoms with Crippen LogP contribution in [0, 0.1) is 23.1 Å². The summed E-state index contributed by atoms with van der Waals surface area (Å²) in [5.74, 6) is 2.58. The monoisotopic (exact) mass is 646 g/mol. The molecule has 1 N–H and O–H groups in total. The Morgan fingerprint density at radius 3 is 2.62 bits per heavy atom. The topological polar surface area (TPSA) is 104 Å².